The molecule has 3 heteroatoms. The van der Waals surface area contributed by atoms with Gasteiger partial charge in [-0.05, 0) is 59.1 Å². The Morgan fingerprint density at radius 2 is 1.90 bits per heavy atom. The number of hydrogen-bond acceptors (Lipinski definition) is 2. The molecule has 0 fully saturated rings. The molecule has 0 aromatic heterocycles. The lowest BCUT2D eigenvalue weighted by Crippen LogP contribution is -2.13. The Morgan fingerprint density at radius 3 is 2.62 bits per heavy atom. The van der Waals surface area contributed by atoms with Crippen LogP contribution in [0.1, 0.15) is 29.2 Å². The number of halogens is 1. The average Bonchev–Trinajstić information content (AvgIpc) is 2.47. The minimum atomic E-state index is 0.586. The Hall–Kier alpha value is -1.32. The third kappa shape index (κ3) is 4.32. The van der Waals surface area contributed by atoms with Gasteiger partial charge in [0.25, 0.3) is 0 Å². The summed E-state index contributed by atoms with van der Waals surface area (Å²) in [6.45, 7) is 8.72. The van der Waals surface area contributed by atoms with Gasteiger partial charge in [-0.25, -0.2) is 0 Å². The van der Waals surface area contributed by atoms with Gasteiger partial charge in [-0.1, -0.05) is 37.3 Å². The molecule has 0 aliphatic carbocycles. The number of hydrogen-bond donors (Lipinski definition) is 1. The molecular formula is C18H22BrNO. The van der Waals surface area contributed by atoms with E-state index in [9.17, 15) is 0 Å². The van der Waals surface area contributed by atoms with Gasteiger partial charge in [-0.3, -0.25) is 0 Å². The first-order valence-corrected chi connectivity index (χ1v) is 8.08. The first kappa shape index (κ1) is 16.1. The first-order chi connectivity index (χ1) is 10.1. The van der Waals surface area contributed by atoms with E-state index in [1.165, 1.54) is 22.3 Å². The van der Waals surface area contributed by atoms with Crippen LogP contribution in [0, 0.1) is 13.8 Å². The maximum atomic E-state index is 6.06. The van der Waals surface area contributed by atoms with Crippen LogP contribution in [0.5, 0.6) is 5.75 Å². The van der Waals surface area contributed by atoms with E-state index in [-0.39, 0.29) is 0 Å². The van der Waals surface area contributed by atoms with Gasteiger partial charge in [0.2, 0.25) is 0 Å². The normalized spacial score (nSPS) is 10.7. The van der Waals surface area contributed by atoms with Crippen molar-refractivity contribution >= 4 is 15.9 Å². The number of para-hydroxylation sites is 1. The quantitative estimate of drug-likeness (QED) is 0.813. The summed E-state index contributed by atoms with van der Waals surface area (Å²) >= 11 is 3.59. The van der Waals surface area contributed by atoms with Crippen molar-refractivity contribution in [1.29, 1.82) is 0 Å². The lowest BCUT2D eigenvalue weighted by molar-refractivity contribution is 0.300. The van der Waals surface area contributed by atoms with Crippen molar-refractivity contribution in [2.45, 2.75) is 33.9 Å². The van der Waals surface area contributed by atoms with Crippen molar-refractivity contribution in [3.05, 3.63) is 63.1 Å². The highest BCUT2D eigenvalue weighted by atomic mass is 79.9. The van der Waals surface area contributed by atoms with Crippen LogP contribution in [0.4, 0.5) is 0 Å². The number of nitrogens with one attached hydrogen (secondary N) is 1. The molecule has 0 unspecified atom stereocenters. The standard InChI is InChI=1S/C18H22BrNO/c1-4-20-11-16-6-5-7-17(19)18(16)21-12-15-9-8-13(2)14(3)10-15/h5-10,20H,4,11-12H2,1-3H3. The number of benzene rings is 2. The van der Waals surface area contributed by atoms with Crippen LogP contribution in [0.2, 0.25) is 0 Å². The molecule has 0 heterocycles. The van der Waals surface area contributed by atoms with E-state index < -0.39 is 0 Å². The summed E-state index contributed by atoms with van der Waals surface area (Å²) in [5.41, 5.74) is 4.99. The topological polar surface area (TPSA) is 21.3 Å². The number of rotatable bonds is 6. The molecular weight excluding hydrogens is 326 g/mol. The van der Waals surface area contributed by atoms with Gasteiger partial charge in [0.15, 0.2) is 0 Å². The van der Waals surface area contributed by atoms with Gasteiger partial charge in [-0.2, -0.15) is 0 Å². The highest BCUT2D eigenvalue weighted by molar-refractivity contribution is 9.10. The largest absolute Gasteiger partial charge is 0.487 e. The highest BCUT2D eigenvalue weighted by Gasteiger charge is 2.08. The van der Waals surface area contributed by atoms with Gasteiger partial charge in [-0.15, -0.1) is 0 Å². The van der Waals surface area contributed by atoms with Crippen LogP contribution in [0.25, 0.3) is 0 Å². The predicted octanol–water partition coefficient (Wildman–Crippen LogP) is 4.75. The van der Waals surface area contributed by atoms with Crippen LogP contribution in [-0.4, -0.2) is 6.54 Å². The SMILES string of the molecule is CCNCc1cccc(Br)c1OCc1ccc(C)c(C)c1. The van der Waals surface area contributed by atoms with Crippen molar-refractivity contribution < 1.29 is 4.74 Å². The van der Waals surface area contributed by atoms with Gasteiger partial charge >= 0.3 is 0 Å². The second-order valence-corrected chi connectivity index (χ2v) is 6.07. The van der Waals surface area contributed by atoms with Gasteiger partial charge in [0, 0.05) is 12.1 Å². The van der Waals surface area contributed by atoms with Crippen molar-refractivity contribution in [3.8, 4) is 5.75 Å². The van der Waals surface area contributed by atoms with Gasteiger partial charge in [0.05, 0.1) is 4.47 Å². The van der Waals surface area contributed by atoms with Crippen LogP contribution in [0.15, 0.2) is 40.9 Å². The summed E-state index contributed by atoms with van der Waals surface area (Å²) < 4.78 is 7.06. The lowest BCUT2D eigenvalue weighted by Gasteiger charge is -2.14. The van der Waals surface area contributed by atoms with E-state index in [1.54, 1.807) is 0 Å². The van der Waals surface area contributed by atoms with E-state index in [0.717, 1.165) is 23.3 Å². The summed E-state index contributed by atoms with van der Waals surface area (Å²) in [4.78, 5) is 0. The fraction of sp³-hybridized carbons (Fsp3) is 0.333. The molecule has 21 heavy (non-hydrogen) atoms. The van der Waals surface area contributed by atoms with Crippen LogP contribution in [-0.2, 0) is 13.2 Å². The molecule has 2 aromatic rings. The molecule has 1 N–H and O–H groups in total. The average molecular weight is 348 g/mol. The Kier molecular flexibility index (Phi) is 5.83. The summed E-state index contributed by atoms with van der Waals surface area (Å²) in [6.07, 6.45) is 0. The summed E-state index contributed by atoms with van der Waals surface area (Å²) in [7, 11) is 0. The zero-order chi connectivity index (χ0) is 15.2. The predicted molar refractivity (Wildman–Crippen MR) is 91.8 cm³/mol. The monoisotopic (exact) mass is 347 g/mol. The van der Waals surface area contributed by atoms with Gasteiger partial charge < -0.3 is 10.1 Å². The molecule has 2 rings (SSSR count). The Balaban J connectivity index is 2.13. The van der Waals surface area contributed by atoms with Crippen LogP contribution < -0.4 is 10.1 Å². The third-order valence-electron chi connectivity index (χ3n) is 3.57. The van der Waals surface area contributed by atoms with E-state index in [1.807, 2.05) is 12.1 Å². The summed E-state index contributed by atoms with van der Waals surface area (Å²) in [5, 5.41) is 3.35. The number of ether oxygens (including phenoxy) is 1. The van der Waals surface area contributed by atoms with Gasteiger partial charge in [0.1, 0.15) is 12.4 Å². The van der Waals surface area contributed by atoms with Crippen molar-refractivity contribution in [1.82, 2.24) is 5.32 Å². The smallest absolute Gasteiger partial charge is 0.138 e. The molecule has 0 spiro atoms. The fourth-order valence-corrected chi connectivity index (χ4v) is 2.68. The zero-order valence-electron chi connectivity index (χ0n) is 12.9. The minimum Gasteiger partial charge on any atom is -0.487 e. The third-order valence-corrected chi connectivity index (χ3v) is 4.19. The Bertz CT molecular complexity index is 610. The second-order valence-electron chi connectivity index (χ2n) is 5.22. The van der Waals surface area contributed by atoms with E-state index in [0.29, 0.717) is 6.61 Å². The highest BCUT2D eigenvalue weighted by Crippen LogP contribution is 2.30. The number of aryl methyl sites for hydroxylation is 2. The second kappa shape index (κ2) is 7.62. The molecule has 0 bridgehead atoms. The Labute approximate surface area is 135 Å². The first-order valence-electron chi connectivity index (χ1n) is 7.29. The fourth-order valence-electron chi connectivity index (χ4n) is 2.16. The molecule has 0 atom stereocenters. The molecule has 0 aliphatic rings. The van der Waals surface area contributed by atoms with Crippen LogP contribution in [0.3, 0.4) is 0 Å². The molecule has 0 aliphatic heterocycles. The van der Waals surface area contributed by atoms with Crippen molar-refractivity contribution in [3.63, 3.8) is 0 Å². The maximum Gasteiger partial charge on any atom is 0.138 e. The van der Waals surface area contributed by atoms with E-state index >= 15 is 0 Å². The lowest BCUT2D eigenvalue weighted by atomic mass is 10.1. The van der Waals surface area contributed by atoms with Crippen molar-refractivity contribution in [2.75, 3.05) is 6.54 Å². The minimum absolute atomic E-state index is 0.586. The molecule has 0 amide bonds. The summed E-state index contributed by atoms with van der Waals surface area (Å²) in [6, 6.07) is 12.6. The molecule has 0 saturated heterocycles. The van der Waals surface area contributed by atoms with E-state index in [4.69, 9.17) is 4.74 Å². The molecule has 112 valence electrons. The van der Waals surface area contributed by atoms with Crippen LogP contribution >= 0.6 is 15.9 Å². The zero-order valence-corrected chi connectivity index (χ0v) is 14.5. The summed E-state index contributed by atoms with van der Waals surface area (Å²) in [5.74, 6) is 0.927. The molecule has 0 saturated carbocycles. The Morgan fingerprint density at radius 1 is 1.10 bits per heavy atom. The van der Waals surface area contributed by atoms with Crippen molar-refractivity contribution in [2.24, 2.45) is 0 Å². The molecule has 2 aromatic carbocycles. The van der Waals surface area contributed by atoms with E-state index in [2.05, 4.69) is 66.3 Å². The molecule has 0 radical (unpaired) electrons. The maximum absolute atomic E-state index is 6.06. The molecule has 2 nitrogen and oxygen atoms in total.